The number of halogens is 3. The number of carbonyl (C=O) groups is 1. The van der Waals surface area contributed by atoms with Crippen molar-refractivity contribution in [3.63, 3.8) is 0 Å². The van der Waals surface area contributed by atoms with E-state index in [0.29, 0.717) is 36.4 Å². The van der Waals surface area contributed by atoms with Crippen molar-refractivity contribution in [2.75, 3.05) is 19.9 Å². The first kappa shape index (κ1) is 19.6. The van der Waals surface area contributed by atoms with Crippen LogP contribution in [0.1, 0.15) is 35.6 Å². The van der Waals surface area contributed by atoms with Crippen LogP contribution in [0.15, 0.2) is 42.5 Å². The third kappa shape index (κ3) is 4.03. The standard InChI is InChI=1S/C21H20F3NO4/c22-21(23,24)16-5-1-3-13(9-16)19(25-8-2-4-15(11-25)20(26)27)14-6-7-17-18(10-14)29-12-28-17/h1,3,5-7,9-10,15,19H,2,4,8,11-12H2,(H,26,27). The Morgan fingerprint density at radius 1 is 1.10 bits per heavy atom. The van der Waals surface area contributed by atoms with Crippen molar-refractivity contribution in [1.29, 1.82) is 0 Å². The van der Waals surface area contributed by atoms with E-state index >= 15 is 0 Å². The van der Waals surface area contributed by atoms with Crippen LogP contribution >= 0.6 is 0 Å². The van der Waals surface area contributed by atoms with Crippen LogP contribution in [-0.4, -0.2) is 35.9 Å². The van der Waals surface area contributed by atoms with Gasteiger partial charge in [-0.3, -0.25) is 9.69 Å². The van der Waals surface area contributed by atoms with Crippen LogP contribution in [0.5, 0.6) is 11.5 Å². The number of rotatable bonds is 4. The highest BCUT2D eigenvalue weighted by Gasteiger charge is 2.35. The van der Waals surface area contributed by atoms with Crippen molar-refractivity contribution in [1.82, 2.24) is 4.90 Å². The van der Waals surface area contributed by atoms with Crippen LogP contribution in [-0.2, 0) is 11.0 Å². The van der Waals surface area contributed by atoms with Crippen LogP contribution in [0.3, 0.4) is 0 Å². The smallest absolute Gasteiger partial charge is 0.416 e. The zero-order chi connectivity index (χ0) is 20.6. The minimum atomic E-state index is -4.46. The first-order valence-corrected chi connectivity index (χ1v) is 9.36. The summed E-state index contributed by atoms with van der Waals surface area (Å²) < 4.78 is 50.7. The highest BCUT2D eigenvalue weighted by molar-refractivity contribution is 5.70. The van der Waals surface area contributed by atoms with Gasteiger partial charge in [0.2, 0.25) is 6.79 Å². The lowest BCUT2D eigenvalue weighted by Gasteiger charge is -2.37. The first-order chi connectivity index (χ1) is 13.8. The molecule has 4 rings (SSSR count). The fourth-order valence-electron chi connectivity index (χ4n) is 4.02. The summed E-state index contributed by atoms with van der Waals surface area (Å²) in [7, 11) is 0. The van der Waals surface area contributed by atoms with E-state index in [-0.39, 0.29) is 13.3 Å². The van der Waals surface area contributed by atoms with Gasteiger partial charge in [-0.1, -0.05) is 18.2 Å². The molecule has 8 heteroatoms. The zero-order valence-corrected chi connectivity index (χ0v) is 15.5. The summed E-state index contributed by atoms with van der Waals surface area (Å²) in [6, 6.07) is 9.98. The molecule has 2 aromatic rings. The summed E-state index contributed by atoms with van der Waals surface area (Å²) >= 11 is 0. The second-order valence-corrected chi connectivity index (χ2v) is 7.31. The highest BCUT2D eigenvalue weighted by atomic mass is 19.4. The molecule has 0 aliphatic carbocycles. The Hall–Kier alpha value is -2.74. The predicted molar refractivity (Wildman–Crippen MR) is 97.8 cm³/mol. The van der Waals surface area contributed by atoms with E-state index < -0.39 is 29.7 Å². The molecular weight excluding hydrogens is 387 g/mol. The molecule has 0 bridgehead atoms. The molecule has 2 aliphatic heterocycles. The maximum absolute atomic E-state index is 13.3. The number of piperidine rings is 1. The van der Waals surface area contributed by atoms with Crippen LogP contribution in [0.2, 0.25) is 0 Å². The van der Waals surface area contributed by atoms with Crippen molar-refractivity contribution in [2.24, 2.45) is 5.92 Å². The lowest BCUT2D eigenvalue weighted by atomic mass is 9.90. The fraction of sp³-hybridized carbons (Fsp3) is 0.381. The van der Waals surface area contributed by atoms with Gasteiger partial charge in [-0.25, -0.2) is 0 Å². The number of carboxylic acids is 1. The number of carboxylic acid groups (broad SMARTS) is 1. The number of alkyl halides is 3. The number of aliphatic carboxylic acids is 1. The van der Waals surface area contributed by atoms with Crippen LogP contribution in [0, 0.1) is 5.92 Å². The molecule has 0 saturated carbocycles. The van der Waals surface area contributed by atoms with Gasteiger partial charge in [-0.15, -0.1) is 0 Å². The molecule has 1 saturated heterocycles. The van der Waals surface area contributed by atoms with E-state index in [4.69, 9.17) is 9.47 Å². The lowest BCUT2D eigenvalue weighted by molar-refractivity contribution is -0.143. The van der Waals surface area contributed by atoms with Gasteiger partial charge in [-0.2, -0.15) is 13.2 Å². The molecule has 0 amide bonds. The number of nitrogens with zero attached hydrogens (tertiary/aromatic N) is 1. The maximum atomic E-state index is 13.3. The van der Waals surface area contributed by atoms with Gasteiger partial charge in [0.05, 0.1) is 17.5 Å². The summed E-state index contributed by atoms with van der Waals surface area (Å²) in [6.07, 6.45) is -3.24. The molecule has 1 N–H and O–H groups in total. The summed E-state index contributed by atoms with van der Waals surface area (Å²) in [5.41, 5.74) is 0.469. The first-order valence-electron chi connectivity index (χ1n) is 9.36. The van der Waals surface area contributed by atoms with Gasteiger partial charge in [0.1, 0.15) is 0 Å². The monoisotopic (exact) mass is 407 g/mol. The van der Waals surface area contributed by atoms with E-state index in [9.17, 15) is 23.1 Å². The van der Waals surface area contributed by atoms with Gasteiger partial charge in [0.15, 0.2) is 11.5 Å². The molecule has 0 radical (unpaired) electrons. The zero-order valence-electron chi connectivity index (χ0n) is 15.5. The molecule has 2 aromatic carbocycles. The number of likely N-dealkylation sites (tertiary alicyclic amines) is 1. The minimum Gasteiger partial charge on any atom is -0.481 e. The molecule has 29 heavy (non-hydrogen) atoms. The van der Waals surface area contributed by atoms with E-state index in [2.05, 4.69) is 0 Å². The topological polar surface area (TPSA) is 59.0 Å². The number of fused-ring (bicyclic) bond motifs is 1. The van der Waals surface area contributed by atoms with Gasteiger partial charge in [-0.05, 0) is 54.8 Å². The van der Waals surface area contributed by atoms with Crippen molar-refractivity contribution in [3.8, 4) is 11.5 Å². The number of ether oxygens (including phenoxy) is 2. The molecule has 154 valence electrons. The average Bonchev–Trinajstić information content (AvgIpc) is 3.16. The lowest BCUT2D eigenvalue weighted by Crippen LogP contribution is -2.41. The highest BCUT2D eigenvalue weighted by Crippen LogP contribution is 2.40. The maximum Gasteiger partial charge on any atom is 0.416 e. The van der Waals surface area contributed by atoms with Gasteiger partial charge in [0.25, 0.3) is 0 Å². The Kier molecular flexibility index (Phi) is 5.12. The number of hydrogen-bond donors (Lipinski definition) is 1. The Labute approximate surface area is 165 Å². The van der Waals surface area contributed by atoms with Gasteiger partial charge >= 0.3 is 12.1 Å². The van der Waals surface area contributed by atoms with Crippen molar-refractivity contribution < 1.29 is 32.5 Å². The van der Waals surface area contributed by atoms with Crippen molar-refractivity contribution >= 4 is 5.97 Å². The molecule has 2 atom stereocenters. The number of benzene rings is 2. The van der Waals surface area contributed by atoms with Gasteiger partial charge in [0, 0.05) is 6.54 Å². The summed E-state index contributed by atoms with van der Waals surface area (Å²) in [5.74, 6) is -0.320. The third-order valence-electron chi connectivity index (χ3n) is 5.41. The van der Waals surface area contributed by atoms with E-state index in [0.717, 1.165) is 17.7 Å². The molecule has 2 aliphatic rings. The number of hydrogen-bond acceptors (Lipinski definition) is 4. The Morgan fingerprint density at radius 2 is 1.86 bits per heavy atom. The second-order valence-electron chi connectivity index (χ2n) is 7.31. The Balaban J connectivity index is 1.76. The van der Waals surface area contributed by atoms with Gasteiger partial charge < -0.3 is 14.6 Å². The average molecular weight is 407 g/mol. The van der Waals surface area contributed by atoms with E-state index in [1.807, 2.05) is 4.90 Å². The molecular formula is C21H20F3NO4. The molecule has 2 heterocycles. The molecule has 0 aromatic heterocycles. The summed E-state index contributed by atoms with van der Waals surface area (Å²) in [4.78, 5) is 13.5. The molecule has 5 nitrogen and oxygen atoms in total. The largest absolute Gasteiger partial charge is 0.481 e. The summed E-state index contributed by atoms with van der Waals surface area (Å²) in [6.45, 7) is 0.960. The van der Waals surface area contributed by atoms with E-state index in [1.165, 1.54) is 6.07 Å². The van der Waals surface area contributed by atoms with Crippen molar-refractivity contribution in [3.05, 3.63) is 59.2 Å². The molecule has 1 fully saturated rings. The molecule has 0 spiro atoms. The van der Waals surface area contributed by atoms with E-state index in [1.54, 1.807) is 24.3 Å². The van der Waals surface area contributed by atoms with Crippen LogP contribution in [0.25, 0.3) is 0 Å². The van der Waals surface area contributed by atoms with Crippen LogP contribution in [0.4, 0.5) is 13.2 Å². The Bertz CT molecular complexity index is 915. The predicted octanol–water partition coefficient (Wildman–Crippen LogP) is 4.32. The second kappa shape index (κ2) is 7.59. The summed E-state index contributed by atoms with van der Waals surface area (Å²) in [5, 5.41) is 9.44. The Morgan fingerprint density at radius 3 is 2.62 bits per heavy atom. The fourth-order valence-corrected chi connectivity index (χ4v) is 4.02. The SMILES string of the molecule is O=C(O)C1CCCN(C(c2cccc(C(F)(F)F)c2)c2ccc3c(c2)OCO3)C1. The quantitative estimate of drug-likeness (QED) is 0.818. The normalized spacial score (nSPS) is 20.4. The molecule has 2 unspecified atom stereocenters. The van der Waals surface area contributed by atoms with Crippen LogP contribution < -0.4 is 9.47 Å². The minimum absolute atomic E-state index is 0.0951. The third-order valence-corrected chi connectivity index (χ3v) is 5.41. The van der Waals surface area contributed by atoms with Crippen molar-refractivity contribution in [2.45, 2.75) is 25.1 Å².